The highest BCUT2D eigenvalue weighted by Gasteiger charge is 2.00. The van der Waals surface area contributed by atoms with Gasteiger partial charge in [0.25, 0.3) is 0 Å². The number of aromatic nitrogens is 5. The minimum absolute atomic E-state index is 0.117. The van der Waals surface area contributed by atoms with Gasteiger partial charge in [0.15, 0.2) is 0 Å². The molecular formula is C7H7N5O. The number of aliphatic hydroxyl groups is 1. The van der Waals surface area contributed by atoms with Crippen molar-refractivity contribution in [3.05, 3.63) is 30.6 Å². The first-order chi connectivity index (χ1) is 6.40. The highest BCUT2D eigenvalue weighted by atomic mass is 16.3. The van der Waals surface area contributed by atoms with Crippen LogP contribution in [0.15, 0.2) is 24.9 Å². The number of aliphatic hydroxyl groups excluding tert-OH is 1. The van der Waals surface area contributed by atoms with E-state index in [-0.39, 0.29) is 6.61 Å². The van der Waals surface area contributed by atoms with Crippen LogP contribution < -0.4 is 0 Å². The molecule has 0 bridgehead atoms. The second-order valence-corrected chi connectivity index (χ2v) is 2.41. The third-order valence-electron chi connectivity index (χ3n) is 1.51. The van der Waals surface area contributed by atoms with Gasteiger partial charge in [0.1, 0.15) is 17.7 Å². The van der Waals surface area contributed by atoms with Crippen molar-refractivity contribution in [2.24, 2.45) is 0 Å². The molecule has 0 atom stereocenters. The molecule has 0 unspecified atom stereocenters. The summed E-state index contributed by atoms with van der Waals surface area (Å²) in [7, 11) is 0. The fraction of sp³-hybridized carbons (Fsp3) is 0.143. The average molecular weight is 177 g/mol. The summed E-state index contributed by atoms with van der Waals surface area (Å²) in [6.45, 7) is -0.117. The molecule has 2 aromatic rings. The Kier molecular flexibility index (Phi) is 1.97. The quantitative estimate of drug-likeness (QED) is 0.672. The molecule has 0 saturated heterocycles. The third-order valence-corrected chi connectivity index (χ3v) is 1.51. The molecule has 6 nitrogen and oxygen atoms in total. The molecule has 0 fully saturated rings. The highest BCUT2D eigenvalue weighted by Crippen LogP contribution is 2.01. The van der Waals surface area contributed by atoms with Gasteiger partial charge in [-0.05, 0) is 0 Å². The van der Waals surface area contributed by atoms with Crippen molar-refractivity contribution < 1.29 is 5.11 Å². The maximum Gasteiger partial charge on any atom is 0.115 e. The zero-order chi connectivity index (χ0) is 9.10. The van der Waals surface area contributed by atoms with Crippen LogP contribution in [0.1, 0.15) is 5.69 Å². The minimum atomic E-state index is -0.117. The van der Waals surface area contributed by atoms with Crippen molar-refractivity contribution in [3.8, 4) is 5.69 Å². The van der Waals surface area contributed by atoms with Gasteiger partial charge in [-0.3, -0.25) is 0 Å². The molecule has 0 aromatic carbocycles. The zero-order valence-corrected chi connectivity index (χ0v) is 6.70. The summed E-state index contributed by atoms with van der Waals surface area (Å²) >= 11 is 0. The van der Waals surface area contributed by atoms with Crippen LogP contribution in [0.25, 0.3) is 5.69 Å². The van der Waals surface area contributed by atoms with Gasteiger partial charge in [0, 0.05) is 0 Å². The van der Waals surface area contributed by atoms with Crippen molar-refractivity contribution in [1.82, 2.24) is 25.0 Å². The molecule has 13 heavy (non-hydrogen) atoms. The zero-order valence-electron chi connectivity index (χ0n) is 6.70. The Balaban J connectivity index is 2.36. The van der Waals surface area contributed by atoms with E-state index >= 15 is 0 Å². The number of hydrogen-bond donors (Lipinski definition) is 1. The summed E-state index contributed by atoms with van der Waals surface area (Å²) in [5, 5.41) is 16.3. The molecule has 0 aliphatic carbocycles. The van der Waals surface area contributed by atoms with Crippen molar-refractivity contribution >= 4 is 0 Å². The Morgan fingerprint density at radius 1 is 1.31 bits per heavy atom. The molecule has 0 amide bonds. The Bertz CT molecular complexity index is 385. The predicted octanol–water partition coefficient (Wildman–Crippen LogP) is -0.450. The summed E-state index contributed by atoms with van der Waals surface area (Å²) in [6, 6.07) is 0. The minimum Gasteiger partial charge on any atom is -0.390 e. The smallest absolute Gasteiger partial charge is 0.115 e. The first-order valence-corrected chi connectivity index (χ1v) is 3.67. The average Bonchev–Trinajstić information content (AvgIpc) is 2.67. The van der Waals surface area contributed by atoms with Crippen molar-refractivity contribution in [2.75, 3.05) is 0 Å². The molecule has 2 heterocycles. The van der Waals surface area contributed by atoms with E-state index in [0.29, 0.717) is 5.69 Å². The normalized spacial score (nSPS) is 10.2. The van der Waals surface area contributed by atoms with Gasteiger partial charge in [-0.25, -0.2) is 14.6 Å². The van der Waals surface area contributed by atoms with E-state index in [1.807, 2.05) is 0 Å². The number of hydrogen-bond acceptors (Lipinski definition) is 5. The molecule has 0 saturated carbocycles. The Hall–Kier alpha value is -1.82. The molecule has 2 rings (SSSR count). The lowest BCUT2D eigenvalue weighted by Crippen LogP contribution is -1.95. The molecular weight excluding hydrogens is 170 g/mol. The largest absolute Gasteiger partial charge is 0.390 e. The Labute approximate surface area is 73.9 Å². The maximum absolute atomic E-state index is 8.75. The second-order valence-electron chi connectivity index (χ2n) is 2.41. The van der Waals surface area contributed by atoms with Crippen LogP contribution in [0.3, 0.4) is 0 Å². The van der Waals surface area contributed by atoms with Gasteiger partial charge in [0.05, 0.1) is 25.2 Å². The van der Waals surface area contributed by atoms with Crippen molar-refractivity contribution in [2.45, 2.75) is 6.61 Å². The summed E-state index contributed by atoms with van der Waals surface area (Å²) in [5.74, 6) is 0. The number of rotatable bonds is 2. The van der Waals surface area contributed by atoms with E-state index in [0.717, 1.165) is 5.69 Å². The Morgan fingerprint density at radius 2 is 2.08 bits per heavy atom. The van der Waals surface area contributed by atoms with Crippen molar-refractivity contribution in [1.29, 1.82) is 0 Å². The molecule has 0 radical (unpaired) electrons. The summed E-state index contributed by atoms with van der Waals surface area (Å²) in [6.07, 6.45) is 6.29. The molecule has 0 aliphatic heterocycles. The summed E-state index contributed by atoms with van der Waals surface area (Å²) < 4.78 is 1.51. The first-order valence-electron chi connectivity index (χ1n) is 3.67. The van der Waals surface area contributed by atoms with Gasteiger partial charge < -0.3 is 5.11 Å². The molecule has 1 N–H and O–H groups in total. The van der Waals surface area contributed by atoms with Crippen LogP contribution in [0.5, 0.6) is 0 Å². The molecule has 0 spiro atoms. The van der Waals surface area contributed by atoms with Crippen LogP contribution in [-0.2, 0) is 6.61 Å². The molecule has 2 aromatic heterocycles. The first kappa shape index (κ1) is 7.81. The Morgan fingerprint density at radius 3 is 2.69 bits per heavy atom. The van der Waals surface area contributed by atoms with E-state index in [1.165, 1.54) is 11.0 Å². The standard InChI is InChI=1S/C7H7N5O/c13-4-6-3-12(11-10-6)7-1-8-5-9-2-7/h1-3,5,13H,4H2. The summed E-state index contributed by atoms with van der Waals surface area (Å²) in [5.41, 5.74) is 1.23. The SMILES string of the molecule is OCc1cn(-c2cncnc2)nn1. The van der Waals surface area contributed by atoms with Gasteiger partial charge in [-0.2, -0.15) is 0 Å². The monoisotopic (exact) mass is 177 g/mol. The molecule has 0 aliphatic rings. The topological polar surface area (TPSA) is 76.7 Å². The second kappa shape index (κ2) is 3.28. The van der Waals surface area contributed by atoms with Gasteiger partial charge in [0.2, 0.25) is 0 Å². The fourth-order valence-corrected chi connectivity index (χ4v) is 0.907. The molecule has 66 valence electrons. The lowest BCUT2D eigenvalue weighted by molar-refractivity contribution is 0.276. The fourth-order valence-electron chi connectivity index (χ4n) is 0.907. The van der Waals surface area contributed by atoms with Crippen molar-refractivity contribution in [3.63, 3.8) is 0 Å². The van der Waals surface area contributed by atoms with E-state index in [1.54, 1.807) is 18.6 Å². The number of nitrogens with zero attached hydrogens (tertiary/aromatic N) is 5. The van der Waals surface area contributed by atoms with Crippen LogP contribution in [0.2, 0.25) is 0 Å². The third kappa shape index (κ3) is 1.52. The van der Waals surface area contributed by atoms with E-state index < -0.39 is 0 Å². The highest BCUT2D eigenvalue weighted by molar-refractivity contribution is 5.22. The maximum atomic E-state index is 8.75. The van der Waals surface area contributed by atoms with Crippen LogP contribution in [0, 0.1) is 0 Å². The van der Waals surface area contributed by atoms with Crippen LogP contribution in [-0.4, -0.2) is 30.1 Å². The van der Waals surface area contributed by atoms with Gasteiger partial charge in [-0.1, -0.05) is 5.21 Å². The predicted molar refractivity (Wildman–Crippen MR) is 42.9 cm³/mol. The van der Waals surface area contributed by atoms with Gasteiger partial charge in [-0.15, -0.1) is 5.10 Å². The lowest BCUT2D eigenvalue weighted by atomic mass is 10.5. The summed E-state index contributed by atoms with van der Waals surface area (Å²) in [4.78, 5) is 7.67. The molecule has 6 heteroatoms. The van der Waals surface area contributed by atoms with Gasteiger partial charge >= 0.3 is 0 Å². The van der Waals surface area contributed by atoms with E-state index in [4.69, 9.17) is 5.11 Å². The van der Waals surface area contributed by atoms with E-state index in [2.05, 4.69) is 20.3 Å². The van der Waals surface area contributed by atoms with E-state index in [9.17, 15) is 0 Å². The lowest BCUT2D eigenvalue weighted by Gasteiger charge is -1.95. The van der Waals surface area contributed by atoms with Crippen LogP contribution in [0.4, 0.5) is 0 Å². The van der Waals surface area contributed by atoms with Crippen LogP contribution >= 0.6 is 0 Å².